The minimum atomic E-state index is -0.509. The van der Waals surface area contributed by atoms with Crippen molar-refractivity contribution in [2.45, 2.75) is 71.1 Å². The van der Waals surface area contributed by atoms with E-state index in [9.17, 15) is 19.2 Å². The number of benzene rings is 1. The van der Waals surface area contributed by atoms with Crippen LogP contribution in [0.5, 0.6) is 0 Å². The van der Waals surface area contributed by atoms with E-state index in [1.165, 1.54) is 0 Å². The van der Waals surface area contributed by atoms with E-state index >= 15 is 0 Å². The molecule has 32 heavy (non-hydrogen) atoms. The van der Waals surface area contributed by atoms with Gasteiger partial charge < -0.3 is 14.2 Å². The minimum absolute atomic E-state index is 0.0124. The van der Waals surface area contributed by atoms with Gasteiger partial charge in [-0.05, 0) is 44.2 Å². The predicted octanol–water partition coefficient (Wildman–Crippen LogP) is 4.66. The molecule has 1 saturated carbocycles. The van der Waals surface area contributed by atoms with Gasteiger partial charge in [0.1, 0.15) is 13.2 Å². The van der Waals surface area contributed by atoms with Crippen LogP contribution < -0.4 is 0 Å². The second kappa shape index (κ2) is 14.4. The van der Waals surface area contributed by atoms with Gasteiger partial charge in [-0.25, -0.2) is 4.79 Å². The molecule has 0 bridgehead atoms. The Bertz CT molecular complexity index is 750. The molecule has 1 aromatic rings. The van der Waals surface area contributed by atoms with Crippen LogP contribution in [0.2, 0.25) is 0 Å². The number of hydrogen-bond acceptors (Lipinski definition) is 7. The van der Waals surface area contributed by atoms with Crippen LogP contribution in [-0.2, 0) is 23.8 Å². The molecule has 7 nitrogen and oxygen atoms in total. The van der Waals surface area contributed by atoms with E-state index in [1.54, 1.807) is 24.3 Å². The zero-order valence-electron chi connectivity index (χ0n) is 18.9. The zero-order chi connectivity index (χ0) is 23.2. The highest BCUT2D eigenvalue weighted by atomic mass is 16.6. The van der Waals surface area contributed by atoms with Gasteiger partial charge in [-0.1, -0.05) is 38.3 Å². The van der Waals surface area contributed by atoms with E-state index in [1.807, 2.05) is 6.92 Å². The Morgan fingerprint density at radius 3 is 1.78 bits per heavy atom. The maximum Gasteiger partial charge on any atom is 0.338 e. The SMILES string of the molecule is CCCOC(=O)CCCCCCCC(=O)OCCOC(=O)c1ccc(C(=O)C2CC2)cc1. The molecule has 1 fully saturated rings. The van der Waals surface area contributed by atoms with Crippen molar-refractivity contribution in [2.75, 3.05) is 19.8 Å². The Kier molecular flexibility index (Phi) is 11.5. The lowest BCUT2D eigenvalue weighted by atomic mass is 10.1. The van der Waals surface area contributed by atoms with Gasteiger partial charge in [0.2, 0.25) is 0 Å². The summed E-state index contributed by atoms with van der Waals surface area (Å²) in [5.41, 5.74) is 0.981. The molecular formula is C25H34O7. The zero-order valence-corrected chi connectivity index (χ0v) is 18.9. The molecule has 7 heteroatoms. The molecule has 0 heterocycles. The lowest BCUT2D eigenvalue weighted by Crippen LogP contribution is -2.14. The van der Waals surface area contributed by atoms with Crippen LogP contribution in [0.1, 0.15) is 91.8 Å². The van der Waals surface area contributed by atoms with Crippen molar-refractivity contribution in [1.29, 1.82) is 0 Å². The molecular weight excluding hydrogens is 412 g/mol. The molecule has 1 aliphatic rings. The molecule has 0 unspecified atom stereocenters. The highest BCUT2D eigenvalue weighted by molar-refractivity contribution is 6.00. The molecule has 1 aromatic carbocycles. The first-order valence-electron chi connectivity index (χ1n) is 11.6. The fourth-order valence-corrected chi connectivity index (χ4v) is 3.15. The second-order valence-electron chi connectivity index (χ2n) is 8.06. The topological polar surface area (TPSA) is 96.0 Å². The van der Waals surface area contributed by atoms with Crippen molar-refractivity contribution in [3.05, 3.63) is 35.4 Å². The molecule has 0 radical (unpaired) electrons. The second-order valence-corrected chi connectivity index (χ2v) is 8.06. The lowest BCUT2D eigenvalue weighted by Gasteiger charge is -2.07. The standard InChI is InChI=1S/C25H34O7/c1-2-16-30-22(26)8-6-4-3-5-7-9-23(27)31-17-18-32-25(29)21-14-12-20(13-15-21)24(28)19-10-11-19/h12-15,19H,2-11,16-18H2,1H3. The maximum absolute atomic E-state index is 12.0. The Labute approximate surface area is 189 Å². The summed E-state index contributed by atoms with van der Waals surface area (Å²) in [7, 11) is 0. The van der Waals surface area contributed by atoms with Crippen molar-refractivity contribution in [3.8, 4) is 0 Å². The van der Waals surface area contributed by atoms with Crippen LogP contribution in [0.4, 0.5) is 0 Å². The van der Waals surface area contributed by atoms with Gasteiger partial charge in [0, 0.05) is 24.3 Å². The quantitative estimate of drug-likeness (QED) is 0.158. The molecule has 0 saturated heterocycles. The molecule has 0 aliphatic heterocycles. The third-order valence-electron chi connectivity index (χ3n) is 5.16. The van der Waals surface area contributed by atoms with Gasteiger partial charge in [-0.3, -0.25) is 14.4 Å². The molecule has 0 amide bonds. The number of ether oxygens (including phenoxy) is 3. The molecule has 1 aliphatic carbocycles. The third kappa shape index (κ3) is 10.1. The van der Waals surface area contributed by atoms with Crippen molar-refractivity contribution in [2.24, 2.45) is 5.92 Å². The number of esters is 3. The van der Waals surface area contributed by atoms with E-state index in [2.05, 4.69) is 0 Å². The number of hydrogen-bond donors (Lipinski definition) is 0. The normalized spacial score (nSPS) is 12.8. The van der Waals surface area contributed by atoms with Crippen LogP contribution in [-0.4, -0.2) is 43.5 Å². The predicted molar refractivity (Wildman–Crippen MR) is 118 cm³/mol. The maximum atomic E-state index is 12.0. The van der Waals surface area contributed by atoms with Gasteiger partial charge in [0.25, 0.3) is 0 Å². The first-order chi connectivity index (χ1) is 15.5. The molecule has 0 spiro atoms. The average Bonchev–Trinajstić information content (AvgIpc) is 3.65. The third-order valence-corrected chi connectivity index (χ3v) is 5.16. The summed E-state index contributed by atoms with van der Waals surface area (Å²) in [4.78, 5) is 47.1. The van der Waals surface area contributed by atoms with E-state index in [-0.39, 0.29) is 36.9 Å². The Balaban J connectivity index is 1.46. The summed E-state index contributed by atoms with van der Waals surface area (Å²) in [6.45, 7) is 2.45. The van der Waals surface area contributed by atoms with Gasteiger partial charge in [0.15, 0.2) is 5.78 Å². The molecule has 0 atom stereocenters. The van der Waals surface area contributed by atoms with Crippen molar-refractivity contribution in [3.63, 3.8) is 0 Å². The average molecular weight is 447 g/mol. The number of rotatable bonds is 16. The molecule has 0 N–H and O–H groups in total. The van der Waals surface area contributed by atoms with Gasteiger partial charge in [-0.15, -0.1) is 0 Å². The van der Waals surface area contributed by atoms with Gasteiger partial charge in [-0.2, -0.15) is 0 Å². The smallest absolute Gasteiger partial charge is 0.338 e. The Morgan fingerprint density at radius 2 is 1.22 bits per heavy atom. The van der Waals surface area contributed by atoms with Crippen molar-refractivity contribution >= 4 is 23.7 Å². The highest BCUT2D eigenvalue weighted by Crippen LogP contribution is 2.32. The molecule has 2 rings (SSSR count). The number of carbonyl (C=O) groups is 4. The summed E-state index contributed by atoms with van der Waals surface area (Å²) in [5.74, 6) is -0.693. The van der Waals surface area contributed by atoms with Crippen LogP contribution >= 0.6 is 0 Å². The first-order valence-corrected chi connectivity index (χ1v) is 11.6. The van der Waals surface area contributed by atoms with Crippen LogP contribution in [0.25, 0.3) is 0 Å². The summed E-state index contributed by atoms with van der Waals surface area (Å²) >= 11 is 0. The lowest BCUT2D eigenvalue weighted by molar-refractivity contribution is -0.145. The highest BCUT2D eigenvalue weighted by Gasteiger charge is 2.30. The van der Waals surface area contributed by atoms with E-state index in [0.717, 1.165) is 51.4 Å². The fraction of sp³-hybridized carbons (Fsp3) is 0.600. The van der Waals surface area contributed by atoms with Crippen molar-refractivity contribution < 1.29 is 33.4 Å². The summed E-state index contributed by atoms with van der Waals surface area (Å²) in [6.07, 6.45) is 7.81. The summed E-state index contributed by atoms with van der Waals surface area (Å²) < 4.78 is 15.2. The van der Waals surface area contributed by atoms with Gasteiger partial charge in [0.05, 0.1) is 12.2 Å². The summed E-state index contributed by atoms with van der Waals surface area (Å²) in [5, 5.41) is 0. The summed E-state index contributed by atoms with van der Waals surface area (Å²) in [6, 6.07) is 6.46. The van der Waals surface area contributed by atoms with Gasteiger partial charge >= 0.3 is 17.9 Å². The largest absolute Gasteiger partial charge is 0.466 e. The first kappa shape index (κ1) is 25.6. The number of carbonyl (C=O) groups excluding carboxylic acids is 4. The van der Waals surface area contributed by atoms with E-state index < -0.39 is 5.97 Å². The Hall–Kier alpha value is -2.70. The fourth-order valence-electron chi connectivity index (χ4n) is 3.15. The van der Waals surface area contributed by atoms with Crippen LogP contribution in [0.15, 0.2) is 24.3 Å². The monoisotopic (exact) mass is 446 g/mol. The van der Waals surface area contributed by atoms with Crippen LogP contribution in [0, 0.1) is 5.92 Å². The number of ketones is 1. The number of unbranched alkanes of at least 4 members (excludes halogenated alkanes) is 4. The number of Topliss-reactive ketones (excluding diaryl/α,β-unsaturated/α-hetero) is 1. The molecule has 176 valence electrons. The van der Waals surface area contributed by atoms with E-state index in [0.29, 0.717) is 30.6 Å². The molecule has 0 aromatic heterocycles. The van der Waals surface area contributed by atoms with Crippen LogP contribution in [0.3, 0.4) is 0 Å². The Morgan fingerprint density at radius 1 is 0.719 bits per heavy atom. The van der Waals surface area contributed by atoms with E-state index in [4.69, 9.17) is 14.2 Å². The minimum Gasteiger partial charge on any atom is -0.466 e. The van der Waals surface area contributed by atoms with Crippen molar-refractivity contribution in [1.82, 2.24) is 0 Å².